The van der Waals surface area contributed by atoms with Crippen molar-refractivity contribution in [3.63, 3.8) is 0 Å². The molecule has 1 saturated heterocycles. The van der Waals surface area contributed by atoms with E-state index in [1.54, 1.807) is 0 Å². The first-order valence-corrected chi connectivity index (χ1v) is 13.1. The van der Waals surface area contributed by atoms with E-state index in [0.29, 0.717) is 17.2 Å². The van der Waals surface area contributed by atoms with Gasteiger partial charge in [-0.15, -0.1) is 0 Å². The quantitative estimate of drug-likeness (QED) is 0.317. The number of esters is 1. The van der Waals surface area contributed by atoms with Crippen molar-refractivity contribution < 1.29 is 9.53 Å². The van der Waals surface area contributed by atoms with Crippen molar-refractivity contribution in [1.29, 1.82) is 0 Å². The van der Waals surface area contributed by atoms with Gasteiger partial charge in [-0.1, -0.05) is 69.1 Å². The van der Waals surface area contributed by atoms with E-state index in [2.05, 4.69) is 26.0 Å². The van der Waals surface area contributed by atoms with E-state index in [-0.39, 0.29) is 5.97 Å². The normalized spacial score (nSPS) is 19.6. The van der Waals surface area contributed by atoms with E-state index in [1.165, 1.54) is 48.5 Å². The predicted molar refractivity (Wildman–Crippen MR) is 116 cm³/mol. The molecule has 0 radical (unpaired) electrons. The molecule has 0 aliphatic carbocycles. The molecule has 1 fully saturated rings. The minimum absolute atomic E-state index is 0.281. The van der Waals surface area contributed by atoms with E-state index >= 15 is 0 Å². The molecule has 2 aromatic carbocycles. The molecule has 0 N–H and O–H groups in total. The second-order valence-electron chi connectivity index (χ2n) is 7.91. The van der Waals surface area contributed by atoms with Crippen molar-refractivity contribution >= 4 is 14.8 Å². The van der Waals surface area contributed by atoms with Gasteiger partial charge in [0.1, 0.15) is 5.75 Å². The van der Waals surface area contributed by atoms with Crippen LogP contribution < -0.4 is 4.74 Å². The summed E-state index contributed by atoms with van der Waals surface area (Å²) in [5.41, 5.74) is 3.27. The van der Waals surface area contributed by atoms with Crippen LogP contribution in [0.1, 0.15) is 66.9 Å². The van der Waals surface area contributed by atoms with Crippen molar-refractivity contribution in [3.8, 4) is 5.75 Å². The van der Waals surface area contributed by atoms with Gasteiger partial charge in [-0.25, -0.2) is 4.79 Å². The second-order valence-corrected chi connectivity index (χ2v) is 11.4. The molecule has 27 heavy (non-hydrogen) atoms. The summed E-state index contributed by atoms with van der Waals surface area (Å²) in [7, 11) is -0.430. The van der Waals surface area contributed by atoms with Crippen LogP contribution in [0.2, 0.25) is 18.1 Å². The highest BCUT2D eigenvalue weighted by Gasteiger charge is 2.22. The van der Waals surface area contributed by atoms with Gasteiger partial charge in [-0.3, -0.25) is 0 Å². The molecule has 0 aromatic heterocycles. The molecule has 0 spiro atoms. The van der Waals surface area contributed by atoms with Crippen LogP contribution in [0.5, 0.6) is 5.75 Å². The lowest BCUT2D eigenvalue weighted by atomic mass is 9.93. The molecule has 0 atom stereocenters. The Morgan fingerprint density at radius 2 is 1.63 bits per heavy atom. The van der Waals surface area contributed by atoms with Crippen molar-refractivity contribution in [2.45, 2.75) is 70.0 Å². The predicted octanol–water partition coefficient (Wildman–Crippen LogP) is 6.37. The summed E-state index contributed by atoms with van der Waals surface area (Å²) in [5, 5.41) is 0. The van der Waals surface area contributed by atoms with E-state index in [9.17, 15) is 4.79 Å². The minimum Gasteiger partial charge on any atom is -0.423 e. The third-order valence-corrected chi connectivity index (χ3v) is 9.53. The number of ether oxygens (including phenoxy) is 1. The van der Waals surface area contributed by atoms with E-state index in [0.717, 1.165) is 12.8 Å². The molecule has 2 nitrogen and oxygen atoms in total. The number of rotatable bonds is 7. The first-order valence-electron chi connectivity index (χ1n) is 10.6. The Bertz CT molecular complexity index is 713. The fraction of sp³-hybridized carbons (Fsp3) is 0.458. The lowest BCUT2D eigenvalue weighted by molar-refractivity contribution is 0.0734. The molecule has 1 aliphatic heterocycles. The maximum atomic E-state index is 12.3. The number of hydrogen-bond acceptors (Lipinski definition) is 2. The number of carbonyl (C=O) groups is 1. The zero-order valence-corrected chi connectivity index (χ0v) is 17.9. The second kappa shape index (κ2) is 9.89. The Morgan fingerprint density at radius 1 is 0.963 bits per heavy atom. The maximum absolute atomic E-state index is 12.3. The fourth-order valence-electron chi connectivity index (χ4n) is 4.26. The van der Waals surface area contributed by atoms with Gasteiger partial charge < -0.3 is 4.74 Å². The minimum atomic E-state index is -0.430. The van der Waals surface area contributed by atoms with Crippen LogP contribution in [0.15, 0.2) is 48.5 Å². The summed E-state index contributed by atoms with van der Waals surface area (Å²) in [6, 6.07) is 20.5. The van der Waals surface area contributed by atoms with E-state index in [4.69, 9.17) is 4.74 Å². The number of hydrogen-bond donors (Lipinski definition) is 0. The molecule has 144 valence electrons. The molecule has 2 aromatic rings. The monoisotopic (exact) mass is 380 g/mol. The molecule has 3 rings (SSSR count). The molecule has 1 heterocycles. The Morgan fingerprint density at radius 3 is 2.22 bits per heavy atom. The van der Waals surface area contributed by atoms with Crippen LogP contribution in [-0.4, -0.2) is 14.8 Å². The lowest BCUT2D eigenvalue weighted by Gasteiger charge is -2.27. The molecule has 0 bridgehead atoms. The Kier molecular flexibility index (Phi) is 7.28. The summed E-state index contributed by atoms with van der Waals surface area (Å²) < 4.78 is 5.56. The lowest BCUT2D eigenvalue weighted by Crippen LogP contribution is -2.20. The summed E-state index contributed by atoms with van der Waals surface area (Å²) in [4.78, 5) is 12.3. The number of aryl methyl sites for hydroxylation is 1. The van der Waals surface area contributed by atoms with Gasteiger partial charge in [0.15, 0.2) is 0 Å². The van der Waals surface area contributed by atoms with Crippen LogP contribution in [-0.2, 0) is 6.42 Å². The third-order valence-electron chi connectivity index (χ3n) is 5.83. The molecule has 0 saturated carbocycles. The van der Waals surface area contributed by atoms with Crippen molar-refractivity contribution in [2.24, 2.45) is 0 Å². The molecule has 0 amide bonds. The summed E-state index contributed by atoms with van der Waals surface area (Å²) in [5.74, 6) is 1.05. The Balaban J connectivity index is 1.55. The molecule has 3 heteroatoms. The van der Waals surface area contributed by atoms with E-state index in [1.807, 2.05) is 36.4 Å². The van der Waals surface area contributed by atoms with Gasteiger partial charge in [0, 0.05) is 8.80 Å². The molecular formula is C24H32O2Si. The summed E-state index contributed by atoms with van der Waals surface area (Å²) >= 11 is 0. The van der Waals surface area contributed by atoms with Gasteiger partial charge in [0.2, 0.25) is 0 Å². The van der Waals surface area contributed by atoms with Gasteiger partial charge in [0.05, 0.1) is 5.56 Å². The highest BCUT2D eigenvalue weighted by atomic mass is 28.3. The van der Waals surface area contributed by atoms with Crippen molar-refractivity contribution in [3.05, 3.63) is 65.2 Å². The first-order chi connectivity index (χ1) is 13.2. The van der Waals surface area contributed by atoms with Gasteiger partial charge >= 0.3 is 5.97 Å². The van der Waals surface area contributed by atoms with Crippen molar-refractivity contribution in [1.82, 2.24) is 0 Å². The summed E-state index contributed by atoms with van der Waals surface area (Å²) in [6.07, 6.45) is 6.21. The number of carbonyl (C=O) groups excluding carboxylic acids is 1. The third kappa shape index (κ3) is 5.55. The first kappa shape index (κ1) is 19.9. The Hall–Kier alpha value is -1.87. The standard InChI is InChI=1S/C24H32O2Si/c1-3-5-19-6-8-22(9-7-19)24(25)26-23-12-10-20(11-13-23)21-14-17-27(16-4-2)18-15-21/h6-13,21,27H,3-5,14-18H2,1-2H3. The van der Waals surface area contributed by atoms with Crippen LogP contribution in [0.3, 0.4) is 0 Å². The molecule has 0 unspecified atom stereocenters. The van der Waals surface area contributed by atoms with Crippen LogP contribution in [0, 0.1) is 0 Å². The highest BCUT2D eigenvalue weighted by molar-refractivity contribution is 6.59. The smallest absolute Gasteiger partial charge is 0.343 e. The van der Waals surface area contributed by atoms with Crippen molar-refractivity contribution in [2.75, 3.05) is 0 Å². The molecular weight excluding hydrogens is 348 g/mol. The van der Waals surface area contributed by atoms with Crippen LogP contribution in [0.4, 0.5) is 0 Å². The average molecular weight is 381 g/mol. The summed E-state index contributed by atoms with van der Waals surface area (Å²) in [6.45, 7) is 4.48. The maximum Gasteiger partial charge on any atom is 0.343 e. The average Bonchev–Trinajstić information content (AvgIpc) is 2.70. The Labute approximate surface area is 165 Å². The number of benzene rings is 2. The van der Waals surface area contributed by atoms with Gasteiger partial charge in [-0.05, 0) is 60.6 Å². The van der Waals surface area contributed by atoms with Crippen LogP contribution >= 0.6 is 0 Å². The SMILES string of the molecule is CCCc1ccc(C(=O)Oc2ccc(C3CC[SiH](CCC)CC3)cc2)cc1. The fourth-order valence-corrected chi connectivity index (χ4v) is 7.69. The highest BCUT2D eigenvalue weighted by Crippen LogP contribution is 2.35. The van der Waals surface area contributed by atoms with E-state index < -0.39 is 8.80 Å². The van der Waals surface area contributed by atoms with Gasteiger partial charge in [0.25, 0.3) is 0 Å². The zero-order valence-electron chi connectivity index (χ0n) is 16.7. The zero-order chi connectivity index (χ0) is 19.1. The van der Waals surface area contributed by atoms with Crippen LogP contribution in [0.25, 0.3) is 0 Å². The van der Waals surface area contributed by atoms with Gasteiger partial charge in [-0.2, -0.15) is 0 Å². The largest absolute Gasteiger partial charge is 0.423 e. The molecule has 1 aliphatic rings. The topological polar surface area (TPSA) is 26.3 Å².